The van der Waals surface area contributed by atoms with Crippen LogP contribution in [0.2, 0.25) is 0 Å². The van der Waals surface area contributed by atoms with Crippen LogP contribution in [-0.4, -0.2) is 32.6 Å². The molecule has 0 unspecified atom stereocenters. The van der Waals surface area contributed by atoms with Crippen molar-refractivity contribution in [2.75, 3.05) is 0 Å². The molecule has 0 aliphatic heterocycles. The van der Waals surface area contributed by atoms with Crippen molar-refractivity contribution in [1.82, 2.24) is 24.5 Å². The van der Waals surface area contributed by atoms with E-state index in [1.54, 1.807) is 12.4 Å². The minimum absolute atomic E-state index is 0.543. The van der Waals surface area contributed by atoms with E-state index in [4.69, 9.17) is 19.4 Å². The van der Waals surface area contributed by atoms with Crippen LogP contribution < -0.4 is 20.7 Å². The van der Waals surface area contributed by atoms with Crippen molar-refractivity contribution in [2.24, 2.45) is 0 Å². The van der Waals surface area contributed by atoms with Crippen LogP contribution in [0.4, 0.5) is 0 Å². The Morgan fingerprint density at radius 3 is 1.65 bits per heavy atom. The van der Waals surface area contributed by atoms with Crippen molar-refractivity contribution in [3.05, 3.63) is 200 Å². The quantitative estimate of drug-likeness (QED) is 0.120. The topological polar surface area (TPSA) is 69.6 Å². The molecule has 11 rings (SSSR count). The fraction of sp³-hybridized carbons (Fsp3) is 0. The molecule has 268 valence electrons. The molecule has 7 heteroatoms. The molecule has 0 amide bonds. The predicted octanol–water partition coefficient (Wildman–Crippen LogP) is 8.97. The Bertz CT molecular complexity index is 3100. The van der Waals surface area contributed by atoms with E-state index in [2.05, 4.69) is 179 Å². The lowest BCUT2D eigenvalue weighted by Gasteiger charge is -2.34. The van der Waals surface area contributed by atoms with E-state index in [1.165, 1.54) is 20.7 Å². The van der Waals surface area contributed by atoms with Gasteiger partial charge in [-0.2, -0.15) is 9.97 Å². The molecule has 4 heterocycles. The minimum atomic E-state index is -2.83. The number of furan rings is 1. The maximum absolute atomic E-state index is 6.29. The van der Waals surface area contributed by atoms with Crippen molar-refractivity contribution < 1.29 is 4.42 Å². The number of para-hydroxylation sites is 2. The van der Waals surface area contributed by atoms with Crippen LogP contribution in [0.1, 0.15) is 0 Å². The Balaban J connectivity index is 1.21. The molecule has 0 atom stereocenters. The number of hydrogen-bond acceptors (Lipinski definition) is 5. The van der Waals surface area contributed by atoms with Gasteiger partial charge in [-0.3, -0.25) is 9.55 Å². The summed E-state index contributed by atoms with van der Waals surface area (Å²) in [7, 11) is -2.83. The highest BCUT2D eigenvalue weighted by Gasteiger charge is 2.41. The first-order valence-corrected chi connectivity index (χ1v) is 21.0. The van der Waals surface area contributed by atoms with Gasteiger partial charge in [0.15, 0.2) is 25.3 Å². The fourth-order valence-electron chi connectivity index (χ4n) is 8.67. The Hall–Kier alpha value is -7.48. The molecule has 0 radical (unpaired) electrons. The van der Waals surface area contributed by atoms with Gasteiger partial charge in [0.05, 0.1) is 17.2 Å². The molecule has 4 aromatic heterocycles. The highest BCUT2D eigenvalue weighted by Crippen LogP contribution is 2.37. The maximum atomic E-state index is 6.29. The number of rotatable bonds is 7. The van der Waals surface area contributed by atoms with Crippen LogP contribution in [0.5, 0.6) is 0 Å². The van der Waals surface area contributed by atoms with Crippen LogP contribution >= 0.6 is 0 Å². The summed E-state index contributed by atoms with van der Waals surface area (Å²) in [6.45, 7) is 0. The molecule has 0 saturated heterocycles. The van der Waals surface area contributed by atoms with E-state index in [9.17, 15) is 0 Å². The molecule has 0 spiro atoms. The number of pyridine rings is 1. The number of aromatic nitrogens is 5. The van der Waals surface area contributed by atoms with Crippen molar-refractivity contribution >= 4 is 72.6 Å². The second-order valence-corrected chi connectivity index (χ2v) is 18.0. The lowest BCUT2D eigenvalue weighted by molar-refractivity contribution is 0.667. The molecule has 0 fully saturated rings. The summed E-state index contributed by atoms with van der Waals surface area (Å²) in [5.74, 6) is 1.69. The van der Waals surface area contributed by atoms with Crippen molar-refractivity contribution in [3.8, 4) is 28.7 Å². The average molecular weight is 748 g/mol. The number of benzene rings is 7. The van der Waals surface area contributed by atoms with Crippen molar-refractivity contribution in [3.63, 3.8) is 0 Å². The first-order chi connectivity index (χ1) is 28.3. The largest absolute Gasteiger partial charge is 0.454 e. The molecular weight excluding hydrogens is 715 g/mol. The third-order valence-electron chi connectivity index (χ3n) is 11.1. The monoisotopic (exact) mass is 747 g/mol. The number of fused-ring (bicyclic) bond motifs is 6. The first kappa shape index (κ1) is 32.9. The van der Waals surface area contributed by atoms with E-state index in [0.29, 0.717) is 23.2 Å². The normalized spacial score (nSPS) is 11.9. The summed E-state index contributed by atoms with van der Waals surface area (Å²) in [6, 6.07) is 66.7. The second kappa shape index (κ2) is 13.4. The van der Waals surface area contributed by atoms with Gasteiger partial charge in [0.1, 0.15) is 5.58 Å². The van der Waals surface area contributed by atoms with E-state index < -0.39 is 8.07 Å². The van der Waals surface area contributed by atoms with Crippen LogP contribution in [0, 0.1) is 0 Å². The first-order valence-electron chi connectivity index (χ1n) is 19.0. The fourth-order valence-corrected chi connectivity index (χ4v) is 13.5. The highest BCUT2D eigenvalue weighted by atomic mass is 28.3. The Morgan fingerprint density at radius 2 is 1.00 bits per heavy atom. The zero-order valence-corrected chi connectivity index (χ0v) is 31.7. The summed E-state index contributed by atoms with van der Waals surface area (Å²) < 4.78 is 8.46. The molecule has 0 saturated carbocycles. The minimum Gasteiger partial charge on any atom is -0.454 e. The van der Waals surface area contributed by atoms with Crippen LogP contribution in [0.15, 0.2) is 205 Å². The molecular formula is C50H33N5OSi. The number of nitrogens with zero attached hydrogens (tertiary/aromatic N) is 5. The van der Waals surface area contributed by atoms with Crippen molar-refractivity contribution in [1.29, 1.82) is 0 Å². The number of hydrogen-bond donors (Lipinski definition) is 0. The van der Waals surface area contributed by atoms with Gasteiger partial charge in [0.25, 0.3) is 0 Å². The zero-order chi connectivity index (χ0) is 37.8. The summed E-state index contributed by atoms with van der Waals surface area (Å²) >= 11 is 0. The van der Waals surface area contributed by atoms with Gasteiger partial charge in [0, 0.05) is 38.9 Å². The Labute approximate surface area is 329 Å². The summed E-state index contributed by atoms with van der Waals surface area (Å²) in [4.78, 5) is 20.4. The van der Waals surface area contributed by atoms with Gasteiger partial charge < -0.3 is 4.42 Å². The molecule has 0 bridgehead atoms. The SMILES string of the molecule is c1ccc([Si](c2ccccc2)(c2ccccc2)c2cccc(-c3nc(-c4cccc5oc6cnccc6c45)nc(-n4c5ccccc5c5ccccc54)n3)c2)cc1. The summed E-state index contributed by atoms with van der Waals surface area (Å²) in [5.41, 5.74) is 5.29. The Kier molecular flexibility index (Phi) is 7.72. The van der Waals surface area contributed by atoms with Crippen LogP contribution in [-0.2, 0) is 0 Å². The smallest absolute Gasteiger partial charge is 0.238 e. The van der Waals surface area contributed by atoms with Gasteiger partial charge in [0.2, 0.25) is 5.95 Å². The van der Waals surface area contributed by atoms with Gasteiger partial charge in [-0.1, -0.05) is 164 Å². The summed E-state index contributed by atoms with van der Waals surface area (Å²) in [6.07, 6.45) is 3.56. The summed E-state index contributed by atoms with van der Waals surface area (Å²) in [5, 5.41) is 9.32. The predicted molar refractivity (Wildman–Crippen MR) is 234 cm³/mol. The van der Waals surface area contributed by atoms with E-state index in [-0.39, 0.29) is 0 Å². The van der Waals surface area contributed by atoms with E-state index in [0.717, 1.165) is 49.3 Å². The van der Waals surface area contributed by atoms with Gasteiger partial charge in [-0.15, -0.1) is 0 Å². The van der Waals surface area contributed by atoms with E-state index >= 15 is 0 Å². The molecule has 57 heavy (non-hydrogen) atoms. The standard InChI is InChI=1S/C50H33N5OSi/c1-4-17-35(18-5-1)57(36-19-6-2-7-20-36,37-21-8-3-9-22-37)38-23-14-16-34(32-38)48-52-49(42-26-15-29-45-47(42)41-30-31-51-33-46(41)56-45)54-50(53-48)55-43-27-12-10-24-39(43)40-25-11-13-28-44(40)55/h1-33H. The lowest BCUT2D eigenvalue weighted by atomic mass is 10.1. The van der Waals surface area contributed by atoms with Crippen molar-refractivity contribution in [2.45, 2.75) is 0 Å². The average Bonchev–Trinajstić information content (AvgIpc) is 3.84. The van der Waals surface area contributed by atoms with Gasteiger partial charge in [-0.25, -0.2) is 4.98 Å². The molecule has 0 aliphatic rings. The van der Waals surface area contributed by atoms with E-state index in [1.807, 2.05) is 18.2 Å². The third kappa shape index (κ3) is 5.24. The van der Waals surface area contributed by atoms with Crippen LogP contribution in [0.3, 0.4) is 0 Å². The lowest BCUT2D eigenvalue weighted by Crippen LogP contribution is -2.74. The molecule has 7 aromatic carbocycles. The highest BCUT2D eigenvalue weighted by molar-refractivity contribution is 7.19. The molecule has 0 aliphatic carbocycles. The Morgan fingerprint density at radius 1 is 0.439 bits per heavy atom. The van der Waals surface area contributed by atoms with Gasteiger partial charge >= 0.3 is 0 Å². The molecule has 0 N–H and O–H groups in total. The third-order valence-corrected chi connectivity index (χ3v) is 15.9. The van der Waals surface area contributed by atoms with Crippen LogP contribution in [0.25, 0.3) is 72.5 Å². The van der Waals surface area contributed by atoms with Gasteiger partial charge in [-0.05, 0) is 45.0 Å². The molecule has 6 nitrogen and oxygen atoms in total. The maximum Gasteiger partial charge on any atom is 0.238 e. The zero-order valence-electron chi connectivity index (χ0n) is 30.7. The second-order valence-electron chi connectivity index (χ2n) is 14.2. The molecule has 11 aromatic rings.